The third-order valence-corrected chi connectivity index (χ3v) is 6.11. The summed E-state index contributed by atoms with van der Waals surface area (Å²) in [5, 5.41) is 5.83. The van der Waals surface area contributed by atoms with Crippen molar-refractivity contribution in [3.8, 4) is 15.6 Å². The molecule has 0 aliphatic carbocycles. The van der Waals surface area contributed by atoms with Gasteiger partial charge in [0.1, 0.15) is 15.6 Å². The maximum atomic E-state index is 12.7. The average molecular weight is 423 g/mol. The van der Waals surface area contributed by atoms with E-state index in [4.69, 9.17) is 4.74 Å². The zero-order valence-electron chi connectivity index (χ0n) is 13.3. The van der Waals surface area contributed by atoms with Crippen molar-refractivity contribution in [2.45, 2.75) is 13.8 Å². The Labute approximate surface area is 156 Å². The van der Waals surface area contributed by atoms with Crippen molar-refractivity contribution in [2.24, 2.45) is 0 Å². The summed E-state index contributed by atoms with van der Waals surface area (Å²) in [6, 6.07) is 7.76. The molecular formula is C17H15BrN2O2S2. The first kappa shape index (κ1) is 17.1. The van der Waals surface area contributed by atoms with E-state index in [9.17, 15) is 4.79 Å². The van der Waals surface area contributed by atoms with E-state index >= 15 is 0 Å². The first-order chi connectivity index (χ1) is 11.5. The van der Waals surface area contributed by atoms with Crippen LogP contribution in [0, 0.1) is 13.8 Å². The molecule has 1 amide bonds. The van der Waals surface area contributed by atoms with Gasteiger partial charge < -0.3 is 10.1 Å². The zero-order valence-corrected chi connectivity index (χ0v) is 16.6. The molecule has 3 aromatic rings. The van der Waals surface area contributed by atoms with Gasteiger partial charge in [-0.25, -0.2) is 4.98 Å². The molecule has 2 aromatic heterocycles. The Kier molecular flexibility index (Phi) is 5.03. The standard InChI is InChI=1S/C17H15BrN2O2S2/c1-9-7-11(18)8-12(22-3)14(9)20-16(21)15-10(2)19-17(24-15)13-5-4-6-23-13/h4-8H,1-3H3,(H,20,21). The second-order valence-corrected chi connectivity index (χ2v) is 8.03. The zero-order chi connectivity index (χ0) is 17.3. The van der Waals surface area contributed by atoms with Gasteiger partial charge in [0.25, 0.3) is 5.91 Å². The average Bonchev–Trinajstić information content (AvgIpc) is 3.18. The molecule has 0 aliphatic heterocycles. The minimum Gasteiger partial charge on any atom is -0.495 e. The number of carbonyl (C=O) groups excluding carboxylic acids is 1. The predicted octanol–water partition coefficient (Wildman–Crippen LogP) is 5.51. The Morgan fingerprint density at radius 2 is 2.12 bits per heavy atom. The van der Waals surface area contributed by atoms with Gasteiger partial charge in [-0.15, -0.1) is 22.7 Å². The largest absolute Gasteiger partial charge is 0.495 e. The van der Waals surface area contributed by atoms with E-state index in [1.165, 1.54) is 11.3 Å². The molecule has 3 rings (SSSR count). The SMILES string of the molecule is COc1cc(Br)cc(C)c1NC(=O)c1sc(-c2cccs2)nc1C. The summed E-state index contributed by atoms with van der Waals surface area (Å²) in [6.07, 6.45) is 0. The molecular weight excluding hydrogens is 408 g/mol. The topological polar surface area (TPSA) is 51.2 Å². The van der Waals surface area contributed by atoms with Crippen molar-refractivity contribution in [3.05, 3.63) is 50.3 Å². The summed E-state index contributed by atoms with van der Waals surface area (Å²) in [5.41, 5.74) is 2.33. The minimum absolute atomic E-state index is 0.170. The van der Waals surface area contributed by atoms with Gasteiger partial charge >= 0.3 is 0 Å². The Hall–Kier alpha value is -1.70. The number of benzene rings is 1. The molecule has 7 heteroatoms. The van der Waals surface area contributed by atoms with E-state index in [-0.39, 0.29) is 5.91 Å². The van der Waals surface area contributed by atoms with Crippen LogP contribution in [0.15, 0.2) is 34.1 Å². The van der Waals surface area contributed by atoms with Gasteiger partial charge in [-0.3, -0.25) is 4.79 Å². The molecule has 0 fully saturated rings. The van der Waals surface area contributed by atoms with Crippen LogP contribution < -0.4 is 10.1 Å². The van der Waals surface area contributed by atoms with Crippen molar-refractivity contribution in [1.82, 2.24) is 4.98 Å². The number of hydrogen-bond acceptors (Lipinski definition) is 5. The first-order valence-corrected chi connectivity index (χ1v) is 9.65. The number of hydrogen-bond donors (Lipinski definition) is 1. The van der Waals surface area contributed by atoms with E-state index in [0.717, 1.165) is 25.6 Å². The fourth-order valence-electron chi connectivity index (χ4n) is 2.32. The van der Waals surface area contributed by atoms with Crippen molar-refractivity contribution >= 4 is 50.2 Å². The van der Waals surface area contributed by atoms with Gasteiger partial charge in [0.2, 0.25) is 0 Å². The van der Waals surface area contributed by atoms with Crippen molar-refractivity contribution in [2.75, 3.05) is 12.4 Å². The van der Waals surface area contributed by atoms with E-state index in [1.54, 1.807) is 18.4 Å². The summed E-state index contributed by atoms with van der Waals surface area (Å²) in [6.45, 7) is 3.79. The smallest absolute Gasteiger partial charge is 0.267 e. The van der Waals surface area contributed by atoms with E-state index in [1.807, 2.05) is 43.5 Å². The number of carbonyl (C=O) groups is 1. The number of methoxy groups -OCH3 is 1. The molecule has 0 atom stereocenters. The van der Waals surface area contributed by atoms with E-state index < -0.39 is 0 Å². The number of halogens is 1. The normalized spacial score (nSPS) is 10.7. The van der Waals surface area contributed by atoms with E-state index in [0.29, 0.717) is 16.3 Å². The van der Waals surface area contributed by atoms with Crippen LogP contribution in [0.25, 0.3) is 9.88 Å². The summed E-state index contributed by atoms with van der Waals surface area (Å²) in [7, 11) is 1.59. The number of amides is 1. The van der Waals surface area contributed by atoms with Gasteiger partial charge in [0.15, 0.2) is 0 Å². The fourth-order valence-corrected chi connectivity index (χ4v) is 4.63. The van der Waals surface area contributed by atoms with Gasteiger partial charge in [-0.2, -0.15) is 0 Å². The van der Waals surface area contributed by atoms with Crippen molar-refractivity contribution in [3.63, 3.8) is 0 Å². The van der Waals surface area contributed by atoms with Crippen molar-refractivity contribution in [1.29, 1.82) is 0 Å². The summed E-state index contributed by atoms with van der Waals surface area (Å²) in [4.78, 5) is 18.9. The molecule has 0 bridgehead atoms. The molecule has 1 aromatic carbocycles. The summed E-state index contributed by atoms with van der Waals surface area (Å²) in [5.74, 6) is 0.451. The number of thiophene rings is 1. The quantitative estimate of drug-likeness (QED) is 0.602. The van der Waals surface area contributed by atoms with Gasteiger partial charge in [0, 0.05) is 4.47 Å². The van der Waals surface area contributed by atoms with Crippen LogP contribution >= 0.6 is 38.6 Å². The number of aryl methyl sites for hydroxylation is 2. The molecule has 24 heavy (non-hydrogen) atoms. The Morgan fingerprint density at radius 3 is 2.79 bits per heavy atom. The Morgan fingerprint density at radius 1 is 1.33 bits per heavy atom. The lowest BCUT2D eigenvalue weighted by molar-refractivity contribution is 0.102. The number of ether oxygens (including phenoxy) is 1. The maximum absolute atomic E-state index is 12.7. The highest BCUT2D eigenvalue weighted by atomic mass is 79.9. The molecule has 0 saturated carbocycles. The van der Waals surface area contributed by atoms with Crippen LogP contribution in [-0.4, -0.2) is 18.0 Å². The molecule has 0 saturated heterocycles. The van der Waals surface area contributed by atoms with Crippen molar-refractivity contribution < 1.29 is 9.53 Å². The molecule has 1 N–H and O–H groups in total. The van der Waals surface area contributed by atoms with Crippen LogP contribution in [0.2, 0.25) is 0 Å². The lowest BCUT2D eigenvalue weighted by Gasteiger charge is -2.13. The molecule has 124 valence electrons. The molecule has 0 aliphatic rings. The monoisotopic (exact) mass is 422 g/mol. The lowest BCUT2D eigenvalue weighted by Crippen LogP contribution is -2.13. The Balaban J connectivity index is 1.91. The third kappa shape index (κ3) is 3.38. The Bertz CT molecular complexity index is 888. The number of aromatic nitrogens is 1. The van der Waals surface area contributed by atoms with E-state index in [2.05, 4.69) is 26.2 Å². The number of anilines is 1. The molecule has 4 nitrogen and oxygen atoms in total. The van der Waals surface area contributed by atoms with Crippen LogP contribution in [0.3, 0.4) is 0 Å². The fraction of sp³-hybridized carbons (Fsp3) is 0.176. The number of nitrogens with one attached hydrogen (secondary N) is 1. The number of nitrogens with zero attached hydrogens (tertiary/aromatic N) is 1. The number of rotatable bonds is 4. The summed E-state index contributed by atoms with van der Waals surface area (Å²) < 4.78 is 6.29. The highest BCUT2D eigenvalue weighted by Gasteiger charge is 2.19. The molecule has 0 radical (unpaired) electrons. The molecule has 0 spiro atoms. The van der Waals surface area contributed by atoms with Gasteiger partial charge in [-0.05, 0) is 43.0 Å². The highest BCUT2D eigenvalue weighted by Crippen LogP contribution is 2.34. The third-order valence-electron chi connectivity index (χ3n) is 3.46. The van der Waals surface area contributed by atoms with Crippen LogP contribution in [-0.2, 0) is 0 Å². The van der Waals surface area contributed by atoms with Gasteiger partial charge in [0.05, 0.1) is 23.4 Å². The predicted molar refractivity (Wildman–Crippen MR) is 104 cm³/mol. The van der Waals surface area contributed by atoms with Crippen LogP contribution in [0.5, 0.6) is 5.75 Å². The minimum atomic E-state index is -0.170. The first-order valence-electron chi connectivity index (χ1n) is 7.16. The van der Waals surface area contributed by atoms with Gasteiger partial charge in [-0.1, -0.05) is 22.0 Å². The molecule has 2 heterocycles. The van der Waals surface area contributed by atoms with Crippen LogP contribution in [0.4, 0.5) is 5.69 Å². The maximum Gasteiger partial charge on any atom is 0.267 e. The highest BCUT2D eigenvalue weighted by molar-refractivity contribution is 9.10. The summed E-state index contributed by atoms with van der Waals surface area (Å²) >= 11 is 6.46. The molecule has 0 unspecified atom stereocenters. The van der Waals surface area contributed by atoms with Crippen LogP contribution in [0.1, 0.15) is 20.9 Å². The number of thiazole rings is 1. The second-order valence-electron chi connectivity index (χ2n) is 5.16. The second kappa shape index (κ2) is 7.04. The lowest BCUT2D eigenvalue weighted by atomic mass is 10.2.